The maximum Gasteiger partial charge on any atom is 0.416 e. The minimum absolute atomic E-state index is 0.0148. The molecule has 0 aliphatic carbocycles. The van der Waals surface area contributed by atoms with Crippen molar-refractivity contribution in [2.24, 2.45) is 0 Å². The van der Waals surface area contributed by atoms with E-state index in [1.165, 1.54) is 0 Å². The summed E-state index contributed by atoms with van der Waals surface area (Å²) in [6.45, 7) is 3.29. The Morgan fingerprint density at radius 2 is 1.62 bits per heavy atom. The molecule has 0 fully saturated rings. The van der Waals surface area contributed by atoms with Gasteiger partial charge >= 0.3 is 6.18 Å². The van der Waals surface area contributed by atoms with Gasteiger partial charge in [-0.05, 0) is 43.2 Å². The van der Waals surface area contributed by atoms with Crippen LogP contribution in [-0.4, -0.2) is 27.1 Å². The standard InChI is InChI=1S/C20H23F3N2O3S/c1-4-18(15-7-5-14(2)6-8-15)24-19(26)13-25(29(3,27)28)17-11-9-16(10-12-17)20(21,22)23/h5-12,18H,4,13H2,1-3H3,(H,24,26). The summed E-state index contributed by atoms with van der Waals surface area (Å²) in [5.74, 6) is -0.553. The van der Waals surface area contributed by atoms with Crippen LogP contribution in [0.2, 0.25) is 0 Å². The number of sulfonamides is 1. The second-order valence-electron chi connectivity index (χ2n) is 6.75. The summed E-state index contributed by atoms with van der Waals surface area (Å²) in [5, 5.41) is 2.79. The van der Waals surface area contributed by atoms with E-state index in [0.29, 0.717) is 6.42 Å². The van der Waals surface area contributed by atoms with Crippen molar-refractivity contribution in [3.63, 3.8) is 0 Å². The summed E-state index contributed by atoms with van der Waals surface area (Å²) < 4.78 is 63.3. The molecule has 0 aromatic heterocycles. The van der Waals surface area contributed by atoms with E-state index in [0.717, 1.165) is 46.0 Å². The molecule has 29 heavy (non-hydrogen) atoms. The molecule has 1 amide bonds. The Hall–Kier alpha value is -2.55. The summed E-state index contributed by atoms with van der Waals surface area (Å²) in [7, 11) is -3.88. The average molecular weight is 428 g/mol. The zero-order chi connectivity index (χ0) is 21.8. The first kappa shape index (κ1) is 22.7. The van der Waals surface area contributed by atoms with Gasteiger partial charge in [0.25, 0.3) is 0 Å². The van der Waals surface area contributed by atoms with Crippen LogP contribution in [0.3, 0.4) is 0 Å². The minimum atomic E-state index is -4.53. The van der Waals surface area contributed by atoms with Crippen molar-refractivity contribution in [2.45, 2.75) is 32.5 Å². The fourth-order valence-electron chi connectivity index (χ4n) is 2.81. The highest BCUT2D eigenvalue weighted by Crippen LogP contribution is 2.31. The number of hydrogen-bond donors (Lipinski definition) is 1. The molecule has 0 saturated heterocycles. The molecule has 0 bridgehead atoms. The molecule has 2 aromatic rings. The van der Waals surface area contributed by atoms with E-state index in [9.17, 15) is 26.4 Å². The summed E-state index contributed by atoms with van der Waals surface area (Å²) in [6.07, 6.45) is -3.04. The van der Waals surface area contributed by atoms with Gasteiger partial charge in [0.15, 0.2) is 0 Å². The smallest absolute Gasteiger partial charge is 0.348 e. The summed E-state index contributed by atoms with van der Waals surface area (Å²) >= 11 is 0. The van der Waals surface area contributed by atoms with Gasteiger partial charge in [0, 0.05) is 0 Å². The predicted molar refractivity (Wildman–Crippen MR) is 106 cm³/mol. The second kappa shape index (κ2) is 8.86. The Kier molecular flexibility index (Phi) is 6.94. The number of alkyl halides is 3. The largest absolute Gasteiger partial charge is 0.416 e. The monoisotopic (exact) mass is 428 g/mol. The number of halogens is 3. The molecule has 2 aromatic carbocycles. The van der Waals surface area contributed by atoms with Crippen LogP contribution in [0, 0.1) is 6.92 Å². The van der Waals surface area contributed by atoms with E-state index < -0.39 is 34.2 Å². The zero-order valence-electron chi connectivity index (χ0n) is 16.3. The number of benzene rings is 2. The van der Waals surface area contributed by atoms with Crippen LogP contribution < -0.4 is 9.62 Å². The average Bonchev–Trinajstić information content (AvgIpc) is 2.63. The molecular formula is C20H23F3N2O3S. The first-order valence-corrected chi connectivity index (χ1v) is 10.8. The van der Waals surface area contributed by atoms with Gasteiger partial charge in [-0.25, -0.2) is 8.42 Å². The minimum Gasteiger partial charge on any atom is -0.348 e. The van der Waals surface area contributed by atoms with E-state index in [1.54, 1.807) is 0 Å². The number of anilines is 1. The van der Waals surface area contributed by atoms with E-state index in [4.69, 9.17) is 0 Å². The van der Waals surface area contributed by atoms with Crippen LogP contribution in [0.4, 0.5) is 18.9 Å². The Labute approximate surface area is 168 Å². The highest BCUT2D eigenvalue weighted by atomic mass is 32.2. The van der Waals surface area contributed by atoms with Crippen molar-refractivity contribution in [1.29, 1.82) is 0 Å². The first-order valence-electron chi connectivity index (χ1n) is 8.92. The Balaban J connectivity index is 2.19. The van der Waals surface area contributed by atoms with Crippen molar-refractivity contribution in [3.8, 4) is 0 Å². The molecule has 0 aliphatic heterocycles. The topological polar surface area (TPSA) is 66.5 Å². The number of rotatable bonds is 7. The number of hydrogen-bond acceptors (Lipinski definition) is 3. The quantitative estimate of drug-likeness (QED) is 0.724. The highest BCUT2D eigenvalue weighted by molar-refractivity contribution is 7.92. The molecule has 158 valence electrons. The van der Waals surface area contributed by atoms with Crippen LogP contribution in [-0.2, 0) is 21.0 Å². The Morgan fingerprint density at radius 1 is 1.07 bits per heavy atom. The van der Waals surface area contributed by atoms with Gasteiger partial charge in [0.2, 0.25) is 15.9 Å². The number of nitrogens with zero attached hydrogens (tertiary/aromatic N) is 1. The van der Waals surface area contributed by atoms with Crippen LogP contribution >= 0.6 is 0 Å². The number of carbonyl (C=O) groups is 1. The normalized spacial score (nSPS) is 13.0. The lowest BCUT2D eigenvalue weighted by Crippen LogP contribution is -2.41. The summed E-state index contributed by atoms with van der Waals surface area (Å²) in [5.41, 5.74) is 1.04. The molecule has 9 heteroatoms. The van der Waals surface area contributed by atoms with Crippen molar-refractivity contribution in [3.05, 3.63) is 65.2 Å². The van der Waals surface area contributed by atoms with Gasteiger partial charge < -0.3 is 5.32 Å². The third-order valence-electron chi connectivity index (χ3n) is 4.39. The number of amides is 1. The molecular weight excluding hydrogens is 405 g/mol. The number of carbonyl (C=O) groups excluding carboxylic acids is 1. The van der Waals surface area contributed by atoms with Crippen molar-refractivity contribution in [1.82, 2.24) is 5.32 Å². The van der Waals surface area contributed by atoms with Crippen molar-refractivity contribution >= 4 is 21.6 Å². The lowest BCUT2D eigenvalue weighted by molar-refractivity contribution is -0.137. The molecule has 1 unspecified atom stereocenters. The molecule has 0 heterocycles. The van der Waals surface area contributed by atoms with Gasteiger partial charge in [0.05, 0.1) is 23.5 Å². The molecule has 0 radical (unpaired) electrons. The first-order chi connectivity index (χ1) is 13.4. The maximum absolute atomic E-state index is 12.7. The zero-order valence-corrected chi connectivity index (χ0v) is 17.1. The summed E-state index contributed by atoms with van der Waals surface area (Å²) in [4.78, 5) is 12.5. The Morgan fingerprint density at radius 3 is 2.07 bits per heavy atom. The predicted octanol–water partition coefficient (Wildman–Crippen LogP) is 4.05. The van der Waals surface area contributed by atoms with E-state index in [-0.39, 0.29) is 11.7 Å². The SMILES string of the molecule is CCC(NC(=O)CN(c1ccc(C(F)(F)F)cc1)S(C)(=O)=O)c1ccc(C)cc1. The summed E-state index contributed by atoms with van der Waals surface area (Å²) in [6, 6.07) is 10.9. The van der Waals surface area contributed by atoms with E-state index in [2.05, 4.69) is 5.32 Å². The van der Waals surface area contributed by atoms with Gasteiger partial charge in [-0.15, -0.1) is 0 Å². The number of aryl methyl sites for hydroxylation is 1. The van der Waals surface area contributed by atoms with E-state index in [1.807, 2.05) is 38.1 Å². The van der Waals surface area contributed by atoms with Gasteiger partial charge in [0.1, 0.15) is 6.54 Å². The van der Waals surface area contributed by atoms with Gasteiger partial charge in [-0.1, -0.05) is 36.8 Å². The van der Waals surface area contributed by atoms with E-state index >= 15 is 0 Å². The van der Waals surface area contributed by atoms with Gasteiger partial charge in [-0.3, -0.25) is 9.10 Å². The second-order valence-corrected chi connectivity index (χ2v) is 8.66. The van der Waals surface area contributed by atoms with Crippen LogP contribution in [0.5, 0.6) is 0 Å². The molecule has 5 nitrogen and oxygen atoms in total. The molecule has 0 aliphatic rings. The maximum atomic E-state index is 12.7. The van der Waals surface area contributed by atoms with Crippen LogP contribution in [0.25, 0.3) is 0 Å². The Bertz CT molecular complexity index is 940. The third-order valence-corrected chi connectivity index (χ3v) is 5.53. The third kappa shape index (κ3) is 6.22. The fraction of sp³-hybridized carbons (Fsp3) is 0.350. The molecule has 2 rings (SSSR count). The number of nitrogens with one attached hydrogen (secondary N) is 1. The van der Waals surface area contributed by atoms with Gasteiger partial charge in [-0.2, -0.15) is 13.2 Å². The fourth-order valence-corrected chi connectivity index (χ4v) is 3.66. The van der Waals surface area contributed by atoms with Crippen LogP contribution in [0.1, 0.15) is 36.1 Å². The molecule has 1 atom stereocenters. The van der Waals surface area contributed by atoms with Crippen molar-refractivity contribution < 1.29 is 26.4 Å². The highest BCUT2D eigenvalue weighted by Gasteiger charge is 2.31. The molecule has 0 spiro atoms. The van der Waals surface area contributed by atoms with Crippen molar-refractivity contribution in [2.75, 3.05) is 17.1 Å². The lowest BCUT2D eigenvalue weighted by atomic mass is 10.0. The lowest BCUT2D eigenvalue weighted by Gasteiger charge is -2.24. The molecule has 0 saturated carbocycles. The molecule has 1 N–H and O–H groups in total. The van der Waals surface area contributed by atoms with Crippen LogP contribution in [0.15, 0.2) is 48.5 Å².